The van der Waals surface area contributed by atoms with Crippen molar-refractivity contribution >= 4 is 17.6 Å². The molecule has 0 bridgehead atoms. The molecule has 2 rings (SSSR count). The number of carbonyl (C=O) groups is 2. The van der Waals surface area contributed by atoms with Crippen molar-refractivity contribution in [3.05, 3.63) is 53.5 Å². The van der Waals surface area contributed by atoms with Crippen LogP contribution in [0.5, 0.6) is 0 Å². The maximum atomic E-state index is 12.0. The topological polar surface area (TPSA) is 92.3 Å². The van der Waals surface area contributed by atoms with Crippen molar-refractivity contribution < 1.29 is 18.7 Å². The van der Waals surface area contributed by atoms with Gasteiger partial charge in [0, 0.05) is 5.69 Å². The van der Waals surface area contributed by atoms with Crippen molar-refractivity contribution in [3.8, 4) is 6.07 Å². The van der Waals surface area contributed by atoms with E-state index in [0.717, 1.165) is 5.56 Å². The first-order valence-corrected chi connectivity index (χ1v) is 6.57. The number of hydrogen-bond donors (Lipinski definition) is 1. The number of nitrogens with zero attached hydrogens (tertiary/aromatic N) is 1. The van der Waals surface area contributed by atoms with Crippen LogP contribution in [0.1, 0.15) is 33.4 Å². The van der Waals surface area contributed by atoms with Crippen LogP contribution in [0.4, 0.5) is 5.69 Å². The number of benzene rings is 1. The third-order valence-electron chi connectivity index (χ3n) is 2.93. The molecular formula is C16H14N2O4. The van der Waals surface area contributed by atoms with Gasteiger partial charge in [0.25, 0.3) is 5.91 Å². The maximum absolute atomic E-state index is 12.0. The van der Waals surface area contributed by atoms with Crippen LogP contribution in [0.3, 0.4) is 0 Å². The zero-order valence-electron chi connectivity index (χ0n) is 12.1. The van der Waals surface area contributed by atoms with Crippen LogP contribution in [-0.4, -0.2) is 18.0 Å². The minimum absolute atomic E-state index is 0.172. The molecule has 1 N–H and O–H groups in total. The maximum Gasteiger partial charge on any atom is 0.339 e. The van der Waals surface area contributed by atoms with E-state index in [9.17, 15) is 9.59 Å². The molecule has 0 aliphatic carbocycles. The molecule has 1 aromatic carbocycles. The largest absolute Gasteiger partial charge is 0.459 e. The highest BCUT2D eigenvalue weighted by Gasteiger charge is 2.15. The van der Waals surface area contributed by atoms with Crippen LogP contribution in [-0.2, 0) is 4.74 Å². The van der Waals surface area contributed by atoms with Gasteiger partial charge < -0.3 is 14.5 Å². The summed E-state index contributed by atoms with van der Waals surface area (Å²) in [4.78, 5) is 23.9. The summed E-state index contributed by atoms with van der Waals surface area (Å²) in [6.07, 6.45) is 0.564. The van der Waals surface area contributed by atoms with Crippen molar-refractivity contribution in [3.63, 3.8) is 0 Å². The van der Waals surface area contributed by atoms with Crippen LogP contribution >= 0.6 is 0 Å². The minimum atomic E-state index is -0.838. The molecular weight excluding hydrogens is 284 g/mol. The lowest BCUT2D eigenvalue weighted by molar-refractivity contribution is 0.0435. The second-order valence-electron chi connectivity index (χ2n) is 4.64. The van der Waals surface area contributed by atoms with Gasteiger partial charge in [0.05, 0.1) is 11.8 Å². The van der Waals surface area contributed by atoms with E-state index >= 15 is 0 Å². The molecule has 1 atom stereocenters. The third kappa shape index (κ3) is 3.52. The lowest BCUT2D eigenvalue weighted by atomic mass is 10.1. The monoisotopic (exact) mass is 298 g/mol. The highest BCUT2D eigenvalue weighted by Crippen LogP contribution is 2.19. The summed E-state index contributed by atoms with van der Waals surface area (Å²) in [5, 5.41) is 11.3. The zero-order chi connectivity index (χ0) is 16.1. The molecule has 112 valence electrons. The van der Waals surface area contributed by atoms with Crippen LogP contribution in [0.25, 0.3) is 0 Å². The summed E-state index contributed by atoms with van der Waals surface area (Å²) in [7, 11) is 0. The number of aryl methyl sites for hydroxylation is 1. The Morgan fingerprint density at radius 3 is 2.77 bits per heavy atom. The van der Waals surface area contributed by atoms with Gasteiger partial charge >= 0.3 is 5.97 Å². The minimum Gasteiger partial charge on any atom is -0.459 e. The average Bonchev–Trinajstić information content (AvgIpc) is 3.03. The predicted molar refractivity (Wildman–Crippen MR) is 78.3 cm³/mol. The SMILES string of the molecule is Cc1ccc(C(=O)O[C@@H](C)C#N)cc1NC(=O)c1ccco1. The lowest BCUT2D eigenvalue weighted by Crippen LogP contribution is -2.15. The number of ether oxygens (including phenoxy) is 1. The van der Waals surface area contributed by atoms with Crippen molar-refractivity contribution in [1.29, 1.82) is 5.26 Å². The second kappa shape index (κ2) is 6.59. The van der Waals surface area contributed by atoms with Gasteiger partial charge in [-0.1, -0.05) is 6.07 Å². The van der Waals surface area contributed by atoms with Gasteiger partial charge in [-0.3, -0.25) is 4.79 Å². The van der Waals surface area contributed by atoms with Crippen molar-refractivity contribution in [2.45, 2.75) is 20.0 Å². The summed E-state index contributed by atoms with van der Waals surface area (Å²) < 4.78 is 9.94. The first-order valence-electron chi connectivity index (χ1n) is 6.57. The molecule has 22 heavy (non-hydrogen) atoms. The van der Waals surface area contributed by atoms with E-state index in [1.165, 1.54) is 25.3 Å². The molecule has 0 spiro atoms. The number of nitriles is 1. The van der Waals surface area contributed by atoms with Gasteiger partial charge in [0.1, 0.15) is 6.07 Å². The van der Waals surface area contributed by atoms with Crippen LogP contribution < -0.4 is 5.32 Å². The van der Waals surface area contributed by atoms with E-state index in [-0.39, 0.29) is 11.3 Å². The Balaban J connectivity index is 2.18. The Morgan fingerprint density at radius 1 is 1.36 bits per heavy atom. The summed E-state index contributed by atoms with van der Waals surface area (Å²) in [5.74, 6) is -0.864. The molecule has 0 aliphatic rings. The molecule has 6 heteroatoms. The number of esters is 1. The Labute approximate surface area is 127 Å². The summed E-state index contributed by atoms with van der Waals surface area (Å²) in [6.45, 7) is 3.27. The van der Waals surface area contributed by atoms with Crippen molar-refractivity contribution in [2.75, 3.05) is 5.32 Å². The predicted octanol–water partition coefficient (Wildman–Crippen LogP) is 2.91. The summed E-state index contributed by atoms with van der Waals surface area (Å²) >= 11 is 0. The van der Waals surface area contributed by atoms with Crippen LogP contribution in [0, 0.1) is 18.3 Å². The fourth-order valence-corrected chi connectivity index (χ4v) is 1.73. The van der Waals surface area contributed by atoms with Crippen LogP contribution in [0.15, 0.2) is 41.0 Å². The molecule has 0 saturated heterocycles. The molecule has 1 heterocycles. The average molecular weight is 298 g/mol. The number of anilines is 1. The third-order valence-corrected chi connectivity index (χ3v) is 2.93. The Morgan fingerprint density at radius 2 is 2.14 bits per heavy atom. The summed E-state index contributed by atoms with van der Waals surface area (Å²) in [5.41, 5.74) is 1.51. The standard InChI is InChI=1S/C16H14N2O4/c1-10-5-6-12(16(20)22-11(2)9-17)8-13(10)18-15(19)14-4-3-7-21-14/h3-8,11H,1-2H3,(H,18,19)/t11-/m0/s1. The van der Waals surface area contributed by atoms with E-state index < -0.39 is 18.0 Å². The van der Waals surface area contributed by atoms with Crippen LogP contribution in [0.2, 0.25) is 0 Å². The number of furan rings is 1. The molecule has 0 saturated carbocycles. The molecule has 1 aromatic heterocycles. The molecule has 1 amide bonds. The van der Waals surface area contributed by atoms with Gasteiger partial charge in [-0.15, -0.1) is 0 Å². The number of hydrogen-bond acceptors (Lipinski definition) is 5. The normalized spacial score (nSPS) is 11.3. The molecule has 0 radical (unpaired) electrons. The second-order valence-corrected chi connectivity index (χ2v) is 4.64. The van der Waals surface area contributed by atoms with Crippen molar-refractivity contribution in [1.82, 2.24) is 0 Å². The molecule has 6 nitrogen and oxygen atoms in total. The number of rotatable bonds is 4. The van der Waals surface area contributed by atoms with E-state index in [4.69, 9.17) is 14.4 Å². The smallest absolute Gasteiger partial charge is 0.339 e. The van der Waals surface area contributed by atoms with Crippen molar-refractivity contribution in [2.24, 2.45) is 0 Å². The fourth-order valence-electron chi connectivity index (χ4n) is 1.73. The lowest BCUT2D eigenvalue weighted by Gasteiger charge is -2.10. The quantitative estimate of drug-likeness (QED) is 0.876. The van der Waals surface area contributed by atoms with Gasteiger partial charge in [-0.05, 0) is 43.7 Å². The number of amides is 1. The number of nitrogens with one attached hydrogen (secondary N) is 1. The first-order chi connectivity index (χ1) is 10.5. The molecule has 0 unspecified atom stereocenters. The Bertz CT molecular complexity index is 729. The van der Waals surface area contributed by atoms with Gasteiger partial charge in [0.15, 0.2) is 11.9 Å². The fraction of sp³-hybridized carbons (Fsp3) is 0.188. The van der Waals surface area contributed by atoms with E-state index in [2.05, 4.69) is 5.32 Å². The van der Waals surface area contributed by atoms with Gasteiger partial charge in [-0.2, -0.15) is 5.26 Å². The van der Waals surface area contributed by atoms with E-state index in [1.54, 1.807) is 25.1 Å². The highest BCUT2D eigenvalue weighted by molar-refractivity contribution is 6.03. The number of carbonyl (C=O) groups excluding carboxylic acids is 2. The Hall–Kier alpha value is -3.07. The highest BCUT2D eigenvalue weighted by atomic mass is 16.5. The zero-order valence-corrected chi connectivity index (χ0v) is 12.1. The van der Waals surface area contributed by atoms with Gasteiger partial charge in [-0.25, -0.2) is 4.79 Å². The Kier molecular flexibility index (Phi) is 4.59. The van der Waals surface area contributed by atoms with E-state index in [0.29, 0.717) is 5.69 Å². The molecule has 0 fully saturated rings. The van der Waals surface area contributed by atoms with Gasteiger partial charge in [0.2, 0.25) is 0 Å². The summed E-state index contributed by atoms with van der Waals surface area (Å²) in [6, 6.07) is 9.73. The molecule has 0 aliphatic heterocycles. The van der Waals surface area contributed by atoms with E-state index in [1.807, 2.05) is 6.07 Å². The molecule has 2 aromatic rings. The first kappa shape index (κ1) is 15.3.